The Morgan fingerprint density at radius 2 is 1.91 bits per heavy atom. The van der Waals surface area contributed by atoms with Crippen molar-refractivity contribution >= 4 is 16.9 Å². The molecule has 1 saturated carbocycles. The van der Waals surface area contributed by atoms with Crippen LogP contribution in [0.5, 0.6) is 0 Å². The van der Waals surface area contributed by atoms with Crippen molar-refractivity contribution in [3.63, 3.8) is 0 Å². The van der Waals surface area contributed by atoms with Gasteiger partial charge in [0, 0.05) is 18.7 Å². The molecular formula is C26H34N6O3. The summed E-state index contributed by atoms with van der Waals surface area (Å²) < 4.78 is 7.20. The Kier molecular flexibility index (Phi) is 6.69. The number of carbonyl (C=O) groups is 1. The summed E-state index contributed by atoms with van der Waals surface area (Å²) in [6, 6.07) is 6.01. The number of nitrogens with one attached hydrogen (secondary N) is 1. The fourth-order valence-corrected chi connectivity index (χ4v) is 5.69. The van der Waals surface area contributed by atoms with Gasteiger partial charge >= 0.3 is 5.97 Å². The molecule has 0 bridgehead atoms. The van der Waals surface area contributed by atoms with E-state index in [4.69, 9.17) is 4.74 Å². The van der Waals surface area contributed by atoms with Gasteiger partial charge in [-0.25, -0.2) is 4.68 Å². The number of likely N-dealkylation sites (tertiary alicyclic amines) is 1. The number of nitrogens with zero attached hydrogens (tertiary/aromatic N) is 5. The summed E-state index contributed by atoms with van der Waals surface area (Å²) in [6.45, 7) is 7.63. The molecule has 3 heterocycles. The van der Waals surface area contributed by atoms with Gasteiger partial charge in [-0.2, -0.15) is 0 Å². The van der Waals surface area contributed by atoms with Gasteiger partial charge in [-0.05, 0) is 79.5 Å². The lowest BCUT2D eigenvalue weighted by atomic mass is 9.93. The van der Waals surface area contributed by atoms with Crippen molar-refractivity contribution < 1.29 is 9.53 Å². The van der Waals surface area contributed by atoms with Gasteiger partial charge in [0.15, 0.2) is 5.82 Å². The monoisotopic (exact) mass is 478 g/mol. The van der Waals surface area contributed by atoms with Crippen LogP contribution in [0.1, 0.15) is 80.0 Å². The molecule has 1 aliphatic heterocycles. The minimum Gasteiger partial charge on any atom is -0.466 e. The van der Waals surface area contributed by atoms with Gasteiger partial charge in [0.05, 0.1) is 24.1 Å². The molecule has 2 fully saturated rings. The van der Waals surface area contributed by atoms with E-state index in [-0.39, 0.29) is 29.5 Å². The number of hydrogen-bond acceptors (Lipinski definition) is 7. The van der Waals surface area contributed by atoms with E-state index in [1.807, 2.05) is 31.5 Å². The van der Waals surface area contributed by atoms with E-state index in [1.165, 1.54) is 0 Å². The molecule has 3 aromatic rings. The second-order valence-electron chi connectivity index (χ2n) is 9.91. The molecule has 0 unspecified atom stereocenters. The van der Waals surface area contributed by atoms with Crippen LogP contribution in [0.2, 0.25) is 0 Å². The van der Waals surface area contributed by atoms with Gasteiger partial charge < -0.3 is 9.72 Å². The number of aromatic amines is 1. The normalized spacial score (nSPS) is 18.8. The molecule has 2 aromatic heterocycles. The molecular weight excluding hydrogens is 444 g/mol. The first kappa shape index (κ1) is 23.7. The number of benzene rings is 1. The molecule has 0 amide bonds. The van der Waals surface area contributed by atoms with Crippen LogP contribution >= 0.6 is 0 Å². The van der Waals surface area contributed by atoms with Crippen LogP contribution in [0.4, 0.5) is 0 Å². The molecule has 1 aromatic carbocycles. The molecule has 1 N–H and O–H groups in total. The molecule has 35 heavy (non-hydrogen) atoms. The summed E-state index contributed by atoms with van der Waals surface area (Å²) in [5, 5.41) is 13.9. The Morgan fingerprint density at radius 1 is 1.17 bits per heavy atom. The number of pyridine rings is 1. The molecule has 2 aliphatic rings. The van der Waals surface area contributed by atoms with E-state index < -0.39 is 0 Å². The summed E-state index contributed by atoms with van der Waals surface area (Å²) >= 11 is 0. The van der Waals surface area contributed by atoms with E-state index in [2.05, 4.69) is 37.5 Å². The third kappa shape index (κ3) is 4.49. The number of rotatable bonds is 6. The molecule has 9 heteroatoms. The highest BCUT2D eigenvalue weighted by Crippen LogP contribution is 2.35. The highest BCUT2D eigenvalue weighted by Gasteiger charge is 2.36. The molecule has 1 saturated heterocycles. The fourth-order valence-electron chi connectivity index (χ4n) is 5.69. The minimum atomic E-state index is -0.386. The quantitative estimate of drug-likeness (QED) is 0.540. The van der Waals surface area contributed by atoms with Crippen LogP contribution in [0.25, 0.3) is 10.9 Å². The number of piperidine rings is 1. The summed E-state index contributed by atoms with van der Waals surface area (Å²) in [5.41, 5.74) is 3.61. The van der Waals surface area contributed by atoms with E-state index in [0.717, 1.165) is 47.7 Å². The van der Waals surface area contributed by atoms with E-state index in [9.17, 15) is 9.59 Å². The highest BCUT2D eigenvalue weighted by molar-refractivity contribution is 5.83. The van der Waals surface area contributed by atoms with Crippen molar-refractivity contribution in [2.45, 2.75) is 71.4 Å². The average molecular weight is 479 g/mol. The van der Waals surface area contributed by atoms with Crippen LogP contribution < -0.4 is 5.56 Å². The van der Waals surface area contributed by atoms with Gasteiger partial charge in [-0.3, -0.25) is 14.5 Å². The summed E-state index contributed by atoms with van der Waals surface area (Å²) in [5.74, 6) is 0.465. The van der Waals surface area contributed by atoms with Crippen molar-refractivity contribution in [2.75, 3.05) is 19.7 Å². The first-order valence-corrected chi connectivity index (χ1v) is 12.8. The standard InChI is InChI=1S/C26H34N6O3/c1-4-35-26(34)18-11-13-31(14-12-18)23(24-28-29-30-32(24)20-7-5-6-8-20)21-15-19-10-9-16(2)17(3)22(19)27-25(21)33/h9-10,15,18,20,23H,4-8,11-14H2,1-3H3,(H,27,33)/t23-/m1/s1. The van der Waals surface area contributed by atoms with Crippen LogP contribution in [0.15, 0.2) is 23.0 Å². The Labute approximate surface area is 204 Å². The number of aromatic nitrogens is 5. The molecule has 5 rings (SSSR count). The zero-order chi connectivity index (χ0) is 24.5. The number of ether oxygens (including phenoxy) is 1. The molecule has 9 nitrogen and oxygen atoms in total. The van der Waals surface area contributed by atoms with Crippen LogP contribution in [0, 0.1) is 19.8 Å². The summed E-state index contributed by atoms with van der Waals surface area (Å²) in [6.07, 6.45) is 5.78. The smallest absolute Gasteiger partial charge is 0.309 e. The third-order valence-electron chi connectivity index (χ3n) is 7.82. The number of hydrogen-bond donors (Lipinski definition) is 1. The predicted molar refractivity (Wildman–Crippen MR) is 132 cm³/mol. The first-order valence-electron chi connectivity index (χ1n) is 12.8. The molecule has 0 radical (unpaired) electrons. The number of aryl methyl sites for hydroxylation is 2. The zero-order valence-electron chi connectivity index (χ0n) is 20.8. The first-order chi connectivity index (χ1) is 17.0. The topological polar surface area (TPSA) is 106 Å². The van der Waals surface area contributed by atoms with Crippen molar-refractivity contribution in [1.82, 2.24) is 30.1 Å². The maximum atomic E-state index is 13.5. The number of carbonyl (C=O) groups excluding carboxylic acids is 1. The summed E-state index contributed by atoms with van der Waals surface area (Å²) in [7, 11) is 0. The van der Waals surface area contributed by atoms with Gasteiger partial charge in [-0.15, -0.1) is 5.10 Å². The Morgan fingerprint density at radius 3 is 2.63 bits per heavy atom. The molecule has 1 aliphatic carbocycles. The lowest BCUT2D eigenvalue weighted by molar-refractivity contribution is -0.149. The van der Waals surface area contributed by atoms with Gasteiger partial charge in [0.25, 0.3) is 5.56 Å². The summed E-state index contributed by atoms with van der Waals surface area (Å²) in [4.78, 5) is 31.3. The van der Waals surface area contributed by atoms with Gasteiger partial charge in [0.2, 0.25) is 0 Å². The number of H-pyrrole nitrogens is 1. The minimum absolute atomic E-state index is 0.113. The average Bonchev–Trinajstić information content (AvgIpc) is 3.55. The molecule has 1 atom stereocenters. The Hall–Kier alpha value is -3.07. The van der Waals surface area contributed by atoms with Crippen molar-refractivity contribution in [3.8, 4) is 0 Å². The van der Waals surface area contributed by atoms with Crippen LogP contribution in [0.3, 0.4) is 0 Å². The predicted octanol–water partition coefficient (Wildman–Crippen LogP) is 3.61. The van der Waals surface area contributed by atoms with Crippen molar-refractivity contribution in [3.05, 3.63) is 51.1 Å². The third-order valence-corrected chi connectivity index (χ3v) is 7.82. The van der Waals surface area contributed by atoms with Crippen LogP contribution in [-0.2, 0) is 9.53 Å². The fraction of sp³-hybridized carbons (Fsp3) is 0.577. The Bertz CT molecular complexity index is 1270. The molecule has 0 spiro atoms. The largest absolute Gasteiger partial charge is 0.466 e. The van der Waals surface area contributed by atoms with E-state index in [1.54, 1.807) is 0 Å². The number of fused-ring (bicyclic) bond motifs is 1. The lowest BCUT2D eigenvalue weighted by Crippen LogP contribution is -2.42. The van der Waals surface area contributed by atoms with E-state index >= 15 is 0 Å². The SMILES string of the molecule is CCOC(=O)C1CCN([C@H](c2cc3ccc(C)c(C)c3[nH]c2=O)c2nnnn2C2CCCC2)CC1. The van der Waals surface area contributed by atoms with Crippen molar-refractivity contribution in [1.29, 1.82) is 0 Å². The second-order valence-corrected chi connectivity index (χ2v) is 9.91. The second kappa shape index (κ2) is 9.89. The Balaban J connectivity index is 1.56. The van der Waals surface area contributed by atoms with Gasteiger partial charge in [-0.1, -0.05) is 25.0 Å². The molecule has 186 valence electrons. The number of esters is 1. The number of tetrazole rings is 1. The highest BCUT2D eigenvalue weighted by atomic mass is 16.5. The zero-order valence-corrected chi connectivity index (χ0v) is 20.8. The maximum Gasteiger partial charge on any atom is 0.309 e. The van der Waals surface area contributed by atoms with Crippen molar-refractivity contribution in [2.24, 2.45) is 5.92 Å². The van der Waals surface area contributed by atoms with Gasteiger partial charge in [0.1, 0.15) is 6.04 Å². The van der Waals surface area contributed by atoms with E-state index in [0.29, 0.717) is 43.9 Å². The lowest BCUT2D eigenvalue weighted by Gasteiger charge is -2.36. The van der Waals surface area contributed by atoms with Crippen LogP contribution in [-0.4, -0.2) is 55.8 Å². The maximum absolute atomic E-state index is 13.5.